The molecule has 0 aliphatic rings. The molecule has 0 heterocycles. The van der Waals surface area contributed by atoms with Gasteiger partial charge in [0.05, 0.1) is 6.04 Å². The molecule has 3 N–H and O–H groups in total. The van der Waals surface area contributed by atoms with E-state index in [0.29, 0.717) is 6.54 Å². The molecule has 0 saturated heterocycles. The second kappa shape index (κ2) is 6.40. The van der Waals surface area contributed by atoms with Gasteiger partial charge in [-0.2, -0.15) is 0 Å². The molecule has 1 amide bonds. The Kier molecular flexibility index (Phi) is 5.16. The van der Waals surface area contributed by atoms with Crippen LogP contribution in [0.3, 0.4) is 0 Å². The SMILES string of the molecule is Cc1ccc(CCNC(=O)C(N)C(C)C)cc1. The van der Waals surface area contributed by atoms with Crippen LogP contribution in [0.5, 0.6) is 0 Å². The maximum atomic E-state index is 11.6. The normalized spacial score (nSPS) is 12.5. The molecule has 1 rings (SSSR count). The van der Waals surface area contributed by atoms with E-state index in [0.717, 1.165) is 6.42 Å². The first kappa shape index (κ1) is 13.7. The van der Waals surface area contributed by atoms with Crippen molar-refractivity contribution in [2.75, 3.05) is 6.54 Å². The van der Waals surface area contributed by atoms with Crippen LogP contribution < -0.4 is 11.1 Å². The monoisotopic (exact) mass is 234 g/mol. The highest BCUT2D eigenvalue weighted by atomic mass is 16.2. The Hall–Kier alpha value is -1.35. The summed E-state index contributed by atoms with van der Waals surface area (Å²) in [6, 6.07) is 7.93. The minimum Gasteiger partial charge on any atom is -0.354 e. The highest BCUT2D eigenvalue weighted by Gasteiger charge is 2.15. The van der Waals surface area contributed by atoms with E-state index in [2.05, 4.69) is 36.5 Å². The van der Waals surface area contributed by atoms with E-state index in [-0.39, 0.29) is 11.8 Å². The Labute approximate surface area is 103 Å². The van der Waals surface area contributed by atoms with Gasteiger partial charge in [-0.1, -0.05) is 43.7 Å². The highest BCUT2D eigenvalue weighted by molar-refractivity contribution is 5.81. The molecule has 17 heavy (non-hydrogen) atoms. The van der Waals surface area contributed by atoms with Crippen LogP contribution in [0.15, 0.2) is 24.3 Å². The molecule has 0 aliphatic heterocycles. The first-order chi connectivity index (χ1) is 8.00. The third-order valence-corrected chi connectivity index (χ3v) is 2.85. The zero-order valence-corrected chi connectivity index (χ0v) is 10.9. The molecule has 1 aromatic carbocycles. The average molecular weight is 234 g/mol. The first-order valence-electron chi connectivity index (χ1n) is 6.09. The van der Waals surface area contributed by atoms with E-state index < -0.39 is 6.04 Å². The summed E-state index contributed by atoms with van der Waals surface area (Å²) >= 11 is 0. The van der Waals surface area contributed by atoms with E-state index in [9.17, 15) is 4.79 Å². The van der Waals surface area contributed by atoms with Crippen molar-refractivity contribution in [3.05, 3.63) is 35.4 Å². The maximum Gasteiger partial charge on any atom is 0.237 e. The minimum atomic E-state index is -0.409. The maximum absolute atomic E-state index is 11.6. The highest BCUT2D eigenvalue weighted by Crippen LogP contribution is 2.03. The van der Waals surface area contributed by atoms with Crippen molar-refractivity contribution >= 4 is 5.91 Å². The molecule has 0 fully saturated rings. The van der Waals surface area contributed by atoms with Crippen LogP contribution in [0.25, 0.3) is 0 Å². The number of benzene rings is 1. The van der Waals surface area contributed by atoms with Crippen molar-refractivity contribution in [2.24, 2.45) is 11.7 Å². The Morgan fingerprint density at radius 1 is 1.29 bits per heavy atom. The molecular weight excluding hydrogens is 212 g/mol. The van der Waals surface area contributed by atoms with Gasteiger partial charge >= 0.3 is 0 Å². The number of nitrogens with two attached hydrogens (primary N) is 1. The van der Waals surface area contributed by atoms with Crippen LogP contribution in [-0.2, 0) is 11.2 Å². The third kappa shape index (κ3) is 4.57. The van der Waals surface area contributed by atoms with Gasteiger partial charge in [0.1, 0.15) is 0 Å². The summed E-state index contributed by atoms with van der Waals surface area (Å²) in [5.41, 5.74) is 8.23. The van der Waals surface area contributed by atoms with Crippen LogP contribution in [0, 0.1) is 12.8 Å². The number of carbonyl (C=O) groups is 1. The van der Waals surface area contributed by atoms with E-state index in [1.807, 2.05) is 13.8 Å². The first-order valence-corrected chi connectivity index (χ1v) is 6.09. The van der Waals surface area contributed by atoms with Gasteiger partial charge in [0, 0.05) is 6.54 Å². The molecule has 0 aromatic heterocycles. The van der Waals surface area contributed by atoms with Gasteiger partial charge in [-0.3, -0.25) is 4.79 Å². The molecule has 1 aromatic rings. The number of amides is 1. The lowest BCUT2D eigenvalue weighted by atomic mass is 10.0. The van der Waals surface area contributed by atoms with Crippen molar-refractivity contribution in [2.45, 2.75) is 33.2 Å². The molecule has 3 heteroatoms. The van der Waals surface area contributed by atoms with E-state index in [1.54, 1.807) is 0 Å². The van der Waals surface area contributed by atoms with Gasteiger partial charge in [0.2, 0.25) is 5.91 Å². The number of nitrogens with one attached hydrogen (secondary N) is 1. The van der Waals surface area contributed by atoms with Crippen molar-refractivity contribution in [3.8, 4) is 0 Å². The molecule has 0 aliphatic carbocycles. The summed E-state index contributed by atoms with van der Waals surface area (Å²) < 4.78 is 0. The number of hydrogen-bond donors (Lipinski definition) is 2. The molecule has 1 atom stereocenters. The van der Waals surface area contributed by atoms with Gasteiger partial charge < -0.3 is 11.1 Å². The largest absolute Gasteiger partial charge is 0.354 e. The van der Waals surface area contributed by atoms with Crippen LogP contribution in [-0.4, -0.2) is 18.5 Å². The van der Waals surface area contributed by atoms with E-state index in [4.69, 9.17) is 5.73 Å². The summed E-state index contributed by atoms with van der Waals surface area (Å²) in [5, 5.41) is 2.86. The van der Waals surface area contributed by atoms with Gasteiger partial charge in [-0.25, -0.2) is 0 Å². The fourth-order valence-corrected chi connectivity index (χ4v) is 1.51. The van der Waals surface area contributed by atoms with Crippen molar-refractivity contribution in [1.82, 2.24) is 5.32 Å². The topological polar surface area (TPSA) is 55.1 Å². The smallest absolute Gasteiger partial charge is 0.237 e. The predicted octanol–water partition coefficient (Wildman–Crippen LogP) is 1.64. The third-order valence-electron chi connectivity index (χ3n) is 2.85. The molecule has 0 bridgehead atoms. The fourth-order valence-electron chi connectivity index (χ4n) is 1.51. The molecule has 0 saturated carbocycles. The zero-order chi connectivity index (χ0) is 12.8. The van der Waals surface area contributed by atoms with E-state index in [1.165, 1.54) is 11.1 Å². The lowest BCUT2D eigenvalue weighted by Crippen LogP contribution is -2.44. The Bertz CT molecular complexity index is 357. The predicted molar refractivity (Wildman–Crippen MR) is 70.7 cm³/mol. The van der Waals surface area contributed by atoms with Gasteiger partial charge in [-0.15, -0.1) is 0 Å². The summed E-state index contributed by atoms with van der Waals surface area (Å²) in [5.74, 6) is 0.112. The average Bonchev–Trinajstić information content (AvgIpc) is 2.30. The van der Waals surface area contributed by atoms with Gasteiger partial charge in [0.25, 0.3) is 0 Å². The standard InChI is InChI=1S/C14H22N2O/c1-10(2)13(15)14(17)16-9-8-12-6-4-11(3)5-7-12/h4-7,10,13H,8-9,15H2,1-3H3,(H,16,17). The van der Waals surface area contributed by atoms with Crippen LogP contribution in [0.4, 0.5) is 0 Å². The summed E-state index contributed by atoms with van der Waals surface area (Å²) in [7, 11) is 0. The number of aryl methyl sites for hydroxylation is 1. The number of carbonyl (C=O) groups excluding carboxylic acids is 1. The molecule has 0 radical (unpaired) electrons. The lowest BCUT2D eigenvalue weighted by molar-refractivity contribution is -0.123. The zero-order valence-electron chi connectivity index (χ0n) is 10.9. The van der Waals surface area contributed by atoms with Crippen LogP contribution in [0.2, 0.25) is 0 Å². The molecule has 1 unspecified atom stereocenters. The summed E-state index contributed by atoms with van der Waals surface area (Å²) in [6.07, 6.45) is 0.844. The second-order valence-corrected chi connectivity index (χ2v) is 4.80. The quantitative estimate of drug-likeness (QED) is 0.813. The Morgan fingerprint density at radius 2 is 1.88 bits per heavy atom. The molecule has 94 valence electrons. The van der Waals surface area contributed by atoms with Crippen molar-refractivity contribution < 1.29 is 4.79 Å². The Balaban J connectivity index is 2.33. The summed E-state index contributed by atoms with van der Waals surface area (Å²) in [6.45, 7) is 6.60. The molecule has 0 spiro atoms. The van der Waals surface area contributed by atoms with Gasteiger partial charge in [0.15, 0.2) is 0 Å². The van der Waals surface area contributed by atoms with Crippen LogP contribution in [0.1, 0.15) is 25.0 Å². The van der Waals surface area contributed by atoms with Gasteiger partial charge in [-0.05, 0) is 24.8 Å². The van der Waals surface area contributed by atoms with E-state index >= 15 is 0 Å². The number of hydrogen-bond acceptors (Lipinski definition) is 2. The van der Waals surface area contributed by atoms with Crippen molar-refractivity contribution in [1.29, 1.82) is 0 Å². The molecular formula is C14H22N2O. The minimum absolute atomic E-state index is 0.0629. The fraction of sp³-hybridized carbons (Fsp3) is 0.500. The number of rotatable bonds is 5. The lowest BCUT2D eigenvalue weighted by Gasteiger charge is -2.15. The van der Waals surface area contributed by atoms with Crippen LogP contribution >= 0.6 is 0 Å². The molecule has 3 nitrogen and oxygen atoms in total. The Morgan fingerprint density at radius 3 is 2.41 bits per heavy atom. The second-order valence-electron chi connectivity index (χ2n) is 4.80. The van der Waals surface area contributed by atoms with Crippen molar-refractivity contribution in [3.63, 3.8) is 0 Å². The summed E-state index contributed by atoms with van der Waals surface area (Å²) in [4.78, 5) is 11.6.